The molecule has 0 aliphatic heterocycles. The van der Waals surface area contributed by atoms with E-state index in [0.29, 0.717) is 21.9 Å². The fourth-order valence-electron chi connectivity index (χ4n) is 2.60. The van der Waals surface area contributed by atoms with E-state index in [-0.39, 0.29) is 11.0 Å². The number of rotatable bonds is 6. The molecule has 0 aliphatic carbocycles. The van der Waals surface area contributed by atoms with Gasteiger partial charge in [-0.2, -0.15) is 0 Å². The van der Waals surface area contributed by atoms with E-state index in [4.69, 9.17) is 9.52 Å². The van der Waals surface area contributed by atoms with Gasteiger partial charge in [0.2, 0.25) is 5.43 Å². The summed E-state index contributed by atoms with van der Waals surface area (Å²) in [6, 6.07) is 9.93. The molecule has 0 radical (unpaired) electrons. The Hall–Kier alpha value is -2.27. The fraction of sp³-hybridized carbons (Fsp3) is 0.263. The predicted octanol–water partition coefficient (Wildman–Crippen LogP) is 4.93. The van der Waals surface area contributed by atoms with Crippen LogP contribution < -0.4 is 5.43 Å². The molecule has 2 aromatic carbocycles. The van der Waals surface area contributed by atoms with Crippen molar-refractivity contribution in [3.05, 3.63) is 52.2 Å². The van der Waals surface area contributed by atoms with Crippen molar-refractivity contribution in [3.8, 4) is 0 Å². The summed E-state index contributed by atoms with van der Waals surface area (Å²) in [4.78, 5) is 24.8. The van der Waals surface area contributed by atoms with Crippen LogP contribution in [-0.2, 0) is 0 Å². The van der Waals surface area contributed by atoms with Gasteiger partial charge in [-0.05, 0) is 48.6 Å². The van der Waals surface area contributed by atoms with Gasteiger partial charge in [0.25, 0.3) is 0 Å². The number of hydrogen-bond acceptors (Lipinski definition) is 4. The SMILES string of the molecule is CCCCCSc1ccc2c(=O)c3cc(C(=O)O)ccc3oc2c1. The summed E-state index contributed by atoms with van der Waals surface area (Å²) in [7, 11) is 0. The van der Waals surface area contributed by atoms with Gasteiger partial charge < -0.3 is 9.52 Å². The number of unbranched alkanes of at least 4 members (excludes halogenated alkanes) is 2. The zero-order valence-corrected chi connectivity index (χ0v) is 14.2. The summed E-state index contributed by atoms with van der Waals surface area (Å²) in [6.45, 7) is 2.18. The minimum Gasteiger partial charge on any atom is -0.478 e. The lowest BCUT2D eigenvalue weighted by molar-refractivity contribution is 0.0697. The number of carboxylic acid groups (broad SMARTS) is 1. The molecule has 0 aliphatic rings. The molecule has 1 N–H and O–H groups in total. The first kappa shape index (κ1) is 16.6. The number of aromatic carboxylic acids is 1. The summed E-state index contributed by atoms with van der Waals surface area (Å²) >= 11 is 1.75. The summed E-state index contributed by atoms with van der Waals surface area (Å²) < 4.78 is 5.82. The molecule has 1 aromatic heterocycles. The predicted molar refractivity (Wildman–Crippen MR) is 97.2 cm³/mol. The average Bonchev–Trinajstić information content (AvgIpc) is 2.58. The Morgan fingerprint density at radius 2 is 1.92 bits per heavy atom. The number of carboxylic acids is 1. The Balaban J connectivity index is 2.02. The maximum atomic E-state index is 12.6. The lowest BCUT2D eigenvalue weighted by atomic mass is 10.1. The van der Waals surface area contributed by atoms with E-state index in [0.717, 1.165) is 10.6 Å². The minimum atomic E-state index is -1.06. The number of fused-ring (bicyclic) bond motifs is 2. The van der Waals surface area contributed by atoms with Gasteiger partial charge in [-0.1, -0.05) is 19.8 Å². The van der Waals surface area contributed by atoms with E-state index in [1.54, 1.807) is 23.9 Å². The van der Waals surface area contributed by atoms with Crippen LogP contribution in [0.15, 0.2) is 50.5 Å². The topological polar surface area (TPSA) is 67.5 Å². The second kappa shape index (κ2) is 7.09. The first-order valence-corrected chi connectivity index (χ1v) is 8.95. The lowest BCUT2D eigenvalue weighted by Crippen LogP contribution is -2.04. The summed E-state index contributed by atoms with van der Waals surface area (Å²) in [6.07, 6.45) is 3.57. The van der Waals surface area contributed by atoms with Gasteiger partial charge in [-0.25, -0.2) is 4.79 Å². The fourth-order valence-corrected chi connectivity index (χ4v) is 3.54. The highest BCUT2D eigenvalue weighted by Gasteiger charge is 2.11. The van der Waals surface area contributed by atoms with Gasteiger partial charge in [0.15, 0.2) is 0 Å². The van der Waals surface area contributed by atoms with Crippen molar-refractivity contribution < 1.29 is 14.3 Å². The molecule has 0 unspecified atom stereocenters. The second-order valence-corrected chi connectivity index (χ2v) is 6.83. The first-order chi connectivity index (χ1) is 11.6. The van der Waals surface area contributed by atoms with E-state index in [1.165, 1.54) is 31.4 Å². The summed E-state index contributed by atoms with van der Waals surface area (Å²) in [5.41, 5.74) is 0.829. The molecule has 0 amide bonds. The third-order valence-electron chi connectivity index (χ3n) is 3.91. The van der Waals surface area contributed by atoms with Crippen molar-refractivity contribution in [1.82, 2.24) is 0 Å². The largest absolute Gasteiger partial charge is 0.478 e. The van der Waals surface area contributed by atoms with Gasteiger partial charge >= 0.3 is 5.97 Å². The van der Waals surface area contributed by atoms with Crippen molar-refractivity contribution in [2.75, 3.05) is 5.75 Å². The van der Waals surface area contributed by atoms with Crippen molar-refractivity contribution in [1.29, 1.82) is 0 Å². The average molecular weight is 342 g/mol. The van der Waals surface area contributed by atoms with E-state index >= 15 is 0 Å². The summed E-state index contributed by atoms with van der Waals surface area (Å²) in [5.74, 6) is -0.0192. The van der Waals surface area contributed by atoms with Crippen LogP contribution in [0.3, 0.4) is 0 Å². The zero-order valence-electron chi connectivity index (χ0n) is 13.4. The molecular formula is C19H18O4S. The van der Waals surface area contributed by atoms with Gasteiger partial charge in [0.1, 0.15) is 11.2 Å². The van der Waals surface area contributed by atoms with Crippen molar-refractivity contribution in [2.45, 2.75) is 31.1 Å². The number of hydrogen-bond donors (Lipinski definition) is 1. The molecule has 0 atom stereocenters. The molecule has 3 rings (SSSR count). The molecule has 0 bridgehead atoms. The van der Waals surface area contributed by atoms with Crippen molar-refractivity contribution >= 4 is 39.7 Å². The molecule has 0 saturated carbocycles. The highest BCUT2D eigenvalue weighted by Crippen LogP contribution is 2.26. The van der Waals surface area contributed by atoms with Crippen LogP contribution in [0.25, 0.3) is 21.9 Å². The molecule has 4 nitrogen and oxygen atoms in total. The van der Waals surface area contributed by atoms with E-state index in [9.17, 15) is 9.59 Å². The van der Waals surface area contributed by atoms with Gasteiger partial charge in [-0.3, -0.25) is 4.79 Å². The van der Waals surface area contributed by atoms with Crippen LogP contribution in [0, 0.1) is 0 Å². The van der Waals surface area contributed by atoms with Gasteiger partial charge in [0, 0.05) is 4.90 Å². The number of carbonyl (C=O) groups is 1. The second-order valence-electron chi connectivity index (χ2n) is 5.66. The maximum Gasteiger partial charge on any atom is 0.335 e. The third-order valence-corrected chi connectivity index (χ3v) is 4.99. The Kier molecular flexibility index (Phi) is 4.90. The molecule has 0 fully saturated rings. The normalized spacial score (nSPS) is 11.2. The van der Waals surface area contributed by atoms with E-state index in [1.807, 2.05) is 12.1 Å². The Bertz CT molecular complexity index is 959. The smallest absolute Gasteiger partial charge is 0.335 e. The Morgan fingerprint density at radius 3 is 2.67 bits per heavy atom. The molecule has 3 aromatic rings. The molecule has 1 heterocycles. The molecular weight excluding hydrogens is 324 g/mol. The molecule has 5 heteroatoms. The molecule has 24 heavy (non-hydrogen) atoms. The number of benzene rings is 2. The van der Waals surface area contributed by atoms with Crippen LogP contribution >= 0.6 is 11.8 Å². The van der Waals surface area contributed by atoms with Crippen LogP contribution in [0.1, 0.15) is 36.5 Å². The van der Waals surface area contributed by atoms with Crippen molar-refractivity contribution in [2.24, 2.45) is 0 Å². The Labute approximate surface area is 143 Å². The maximum absolute atomic E-state index is 12.6. The standard InChI is InChI=1S/C19H18O4S/c1-2-3-4-9-24-13-6-7-14-17(11-13)23-16-8-5-12(19(21)22)10-15(16)18(14)20/h5-8,10-11H,2-4,9H2,1H3,(H,21,22). The van der Waals surface area contributed by atoms with Gasteiger partial charge in [0.05, 0.1) is 16.3 Å². The quantitative estimate of drug-likeness (QED) is 0.391. The van der Waals surface area contributed by atoms with Crippen LogP contribution in [0.5, 0.6) is 0 Å². The highest BCUT2D eigenvalue weighted by molar-refractivity contribution is 7.99. The van der Waals surface area contributed by atoms with Crippen LogP contribution in [0.4, 0.5) is 0 Å². The molecule has 124 valence electrons. The monoisotopic (exact) mass is 342 g/mol. The minimum absolute atomic E-state index is 0.0808. The van der Waals surface area contributed by atoms with E-state index < -0.39 is 5.97 Å². The van der Waals surface area contributed by atoms with Crippen LogP contribution in [-0.4, -0.2) is 16.8 Å². The lowest BCUT2D eigenvalue weighted by Gasteiger charge is -2.05. The Morgan fingerprint density at radius 1 is 1.08 bits per heavy atom. The summed E-state index contributed by atoms with van der Waals surface area (Å²) in [5, 5.41) is 9.84. The first-order valence-electron chi connectivity index (χ1n) is 7.97. The third kappa shape index (κ3) is 3.31. The zero-order chi connectivity index (χ0) is 17.1. The highest BCUT2D eigenvalue weighted by atomic mass is 32.2. The molecule has 0 spiro atoms. The van der Waals surface area contributed by atoms with Crippen molar-refractivity contribution in [3.63, 3.8) is 0 Å². The van der Waals surface area contributed by atoms with Gasteiger partial charge in [-0.15, -0.1) is 11.8 Å². The van der Waals surface area contributed by atoms with E-state index in [2.05, 4.69) is 6.92 Å². The molecule has 0 saturated heterocycles. The van der Waals surface area contributed by atoms with Crippen LogP contribution in [0.2, 0.25) is 0 Å². The number of thioether (sulfide) groups is 1.